The number of rotatable bonds is 11. The summed E-state index contributed by atoms with van der Waals surface area (Å²) in [5, 5.41) is 27.7. The average molecular weight is 705 g/mol. The van der Waals surface area contributed by atoms with Gasteiger partial charge in [-0.25, -0.2) is 8.42 Å². The Morgan fingerprint density at radius 1 is 1.00 bits per heavy atom. The molecule has 1 atom stereocenters. The molecule has 3 fully saturated rings. The van der Waals surface area contributed by atoms with E-state index in [0.29, 0.717) is 22.2 Å². The maximum absolute atomic E-state index is 12.7. The summed E-state index contributed by atoms with van der Waals surface area (Å²) in [6, 6.07) is 23.7. The molecule has 11 nitrogen and oxygen atoms in total. The molecule has 3 heterocycles. The molecule has 49 heavy (non-hydrogen) atoms. The van der Waals surface area contributed by atoms with Crippen LogP contribution in [-0.2, 0) is 21.4 Å². The van der Waals surface area contributed by atoms with Gasteiger partial charge in [0.05, 0.1) is 29.0 Å². The van der Waals surface area contributed by atoms with Crippen molar-refractivity contribution in [3.63, 3.8) is 0 Å². The molecule has 0 aromatic heterocycles. The number of aliphatic imine (C=N–C) groups is 1. The van der Waals surface area contributed by atoms with Crippen molar-refractivity contribution in [3.05, 3.63) is 94.4 Å². The second-order valence-electron chi connectivity index (χ2n) is 12.9. The number of aliphatic hydroxyl groups excluding tert-OH is 1. The van der Waals surface area contributed by atoms with Crippen molar-refractivity contribution in [2.24, 2.45) is 4.99 Å². The number of hydrogen-bond donors (Lipinski definition) is 5. The van der Waals surface area contributed by atoms with Crippen molar-refractivity contribution in [1.82, 2.24) is 15.5 Å². The number of phenolic OH excluding ortho intramolecular Hbond substituents is 1. The lowest BCUT2D eigenvalue weighted by atomic mass is 10.0. The first-order valence-corrected chi connectivity index (χ1v) is 19.4. The molecule has 0 unspecified atom stereocenters. The zero-order chi connectivity index (χ0) is 34.4. The van der Waals surface area contributed by atoms with Crippen LogP contribution in [0.3, 0.4) is 0 Å². The molecule has 0 saturated carbocycles. The van der Waals surface area contributed by atoms with Crippen molar-refractivity contribution in [1.29, 1.82) is 0 Å². The van der Waals surface area contributed by atoms with Gasteiger partial charge in [-0.15, -0.1) is 0 Å². The molecule has 0 spiro atoms. The normalized spacial score (nSPS) is 20.5. The minimum Gasteiger partial charge on any atom is -0.506 e. The summed E-state index contributed by atoms with van der Waals surface area (Å²) >= 11 is 1.41. The Bertz CT molecular complexity index is 1770. The molecular weight excluding hydrogens is 661 g/mol. The molecule has 1 amide bonds. The predicted molar refractivity (Wildman–Crippen MR) is 197 cm³/mol. The van der Waals surface area contributed by atoms with Gasteiger partial charge in [-0.1, -0.05) is 48.5 Å². The molecule has 0 bridgehead atoms. The van der Waals surface area contributed by atoms with Gasteiger partial charge < -0.3 is 25.7 Å². The monoisotopic (exact) mass is 704 g/mol. The number of hydrogen-bond acceptors (Lipinski definition) is 10. The topological polar surface area (TPSA) is 147 Å². The second-order valence-corrected chi connectivity index (χ2v) is 15.7. The molecule has 260 valence electrons. The van der Waals surface area contributed by atoms with Crippen LogP contribution >= 0.6 is 11.8 Å². The summed E-state index contributed by atoms with van der Waals surface area (Å²) < 4.78 is 25.4. The number of amidine groups is 1. The number of piperidine rings is 2. The van der Waals surface area contributed by atoms with Crippen LogP contribution in [0.15, 0.2) is 82.7 Å². The highest BCUT2D eigenvalue weighted by Gasteiger charge is 2.27. The fraction of sp³-hybridized carbons (Fsp3) is 0.389. The third-order valence-electron chi connectivity index (χ3n) is 9.11. The number of thioether (sulfide) groups is 1. The van der Waals surface area contributed by atoms with Gasteiger partial charge >= 0.3 is 0 Å². The Labute approximate surface area is 292 Å². The van der Waals surface area contributed by atoms with E-state index in [-0.39, 0.29) is 29.4 Å². The molecule has 3 aromatic carbocycles. The highest BCUT2D eigenvalue weighted by Crippen LogP contribution is 2.30. The summed E-state index contributed by atoms with van der Waals surface area (Å²) in [4.78, 5) is 23.1. The van der Waals surface area contributed by atoms with Gasteiger partial charge in [0.15, 0.2) is 5.17 Å². The minimum absolute atomic E-state index is 0.0415. The predicted octanol–water partition coefficient (Wildman–Crippen LogP) is 4.28. The molecule has 3 aliphatic rings. The van der Waals surface area contributed by atoms with Gasteiger partial charge in [0, 0.05) is 51.0 Å². The first kappa shape index (κ1) is 35.0. The maximum Gasteiger partial charge on any atom is 0.264 e. The second kappa shape index (κ2) is 15.8. The van der Waals surface area contributed by atoms with Crippen LogP contribution < -0.4 is 20.3 Å². The number of benzene rings is 3. The zero-order valence-electron chi connectivity index (χ0n) is 27.6. The van der Waals surface area contributed by atoms with E-state index in [9.17, 15) is 23.4 Å². The number of phenols is 1. The number of nitrogens with zero attached hydrogens (tertiary/aromatic N) is 3. The molecule has 3 aromatic rings. The van der Waals surface area contributed by atoms with Crippen LogP contribution in [0.2, 0.25) is 0 Å². The van der Waals surface area contributed by atoms with E-state index in [1.807, 2.05) is 24.3 Å². The number of anilines is 2. The van der Waals surface area contributed by atoms with Gasteiger partial charge in [-0.2, -0.15) is 0 Å². The highest BCUT2D eigenvalue weighted by atomic mass is 32.2. The number of carbonyl (C=O) groups excluding carboxylic acids is 1. The molecular formula is C36H44N6O5S2. The summed E-state index contributed by atoms with van der Waals surface area (Å²) in [6.07, 6.45) is 5.84. The van der Waals surface area contributed by atoms with Crippen molar-refractivity contribution >= 4 is 50.3 Å². The summed E-state index contributed by atoms with van der Waals surface area (Å²) in [7, 11) is -3.56. The van der Waals surface area contributed by atoms with Gasteiger partial charge in [-0.3, -0.25) is 19.4 Å². The van der Waals surface area contributed by atoms with E-state index in [1.165, 1.54) is 29.5 Å². The van der Waals surface area contributed by atoms with Crippen molar-refractivity contribution in [3.8, 4) is 5.75 Å². The fourth-order valence-electron chi connectivity index (χ4n) is 6.42. The maximum atomic E-state index is 12.7. The third kappa shape index (κ3) is 9.86. The smallest absolute Gasteiger partial charge is 0.264 e. The molecule has 3 aliphatic heterocycles. The van der Waals surface area contributed by atoms with Crippen LogP contribution in [-0.4, -0.2) is 85.7 Å². The number of likely N-dealkylation sites (tertiary alicyclic amines) is 1. The first-order valence-electron chi connectivity index (χ1n) is 16.7. The van der Waals surface area contributed by atoms with Crippen LogP contribution in [0.1, 0.15) is 48.5 Å². The van der Waals surface area contributed by atoms with Gasteiger partial charge in [-0.05, 0) is 84.5 Å². The van der Waals surface area contributed by atoms with Crippen LogP contribution in [0, 0.1) is 0 Å². The Hall–Kier alpha value is -3.88. The fourth-order valence-corrected chi connectivity index (χ4v) is 7.87. The first-order chi connectivity index (χ1) is 23.6. The van der Waals surface area contributed by atoms with E-state index < -0.39 is 16.1 Å². The largest absolute Gasteiger partial charge is 0.506 e. The highest BCUT2D eigenvalue weighted by molar-refractivity contribution is 8.18. The van der Waals surface area contributed by atoms with E-state index in [2.05, 4.69) is 61.6 Å². The molecule has 6 rings (SSSR count). The Morgan fingerprint density at radius 3 is 2.41 bits per heavy atom. The molecule has 0 radical (unpaired) electrons. The minimum atomic E-state index is -3.56. The number of nitrogens with one attached hydrogen (secondary N) is 3. The van der Waals surface area contributed by atoms with Crippen molar-refractivity contribution < 1.29 is 23.4 Å². The zero-order valence-corrected chi connectivity index (χ0v) is 29.2. The molecule has 0 aliphatic carbocycles. The Kier molecular flexibility index (Phi) is 11.3. The standard InChI is InChI=1S/C36H44N6O5S2/c1-49(46,47)40-31-22-27(9-12-32(31)43)33(44)23-37-28-15-19-42(20-16-28)30-10-7-25(8-11-30)21-34-35(45)39-36(48-34)38-29-13-17-41(18-14-29)24-26-5-3-2-4-6-26/h2-12,21-22,28-29,33,37,40,43-44H,13-20,23-24H2,1H3,(H,38,39,45)/b34-21+/t33-/m0/s1. The lowest BCUT2D eigenvalue weighted by molar-refractivity contribution is -0.115. The number of sulfonamides is 1. The van der Waals surface area contributed by atoms with Gasteiger partial charge in [0.1, 0.15) is 5.75 Å². The lowest BCUT2D eigenvalue weighted by Crippen LogP contribution is -2.43. The molecule has 5 N–H and O–H groups in total. The van der Waals surface area contributed by atoms with E-state index >= 15 is 0 Å². The Balaban J connectivity index is 0.946. The number of aliphatic hydroxyl groups is 1. The number of amides is 1. The molecule has 3 saturated heterocycles. The van der Waals surface area contributed by atoms with Crippen molar-refractivity contribution in [2.45, 2.75) is 50.4 Å². The van der Waals surface area contributed by atoms with Gasteiger partial charge in [0.2, 0.25) is 10.0 Å². The van der Waals surface area contributed by atoms with Crippen LogP contribution in [0.5, 0.6) is 5.75 Å². The van der Waals surface area contributed by atoms with Gasteiger partial charge in [0.25, 0.3) is 5.91 Å². The van der Waals surface area contributed by atoms with E-state index in [0.717, 1.165) is 75.9 Å². The SMILES string of the molecule is CS(=O)(=O)Nc1cc([C@@H](O)CNC2CCN(c3ccc(/C=C4/SC(=NC5CCN(Cc6ccccc6)CC5)NC4=O)cc3)CC2)ccc1O. The van der Waals surface area contributed by atoms with Crippen molar-refractivity contribution in [2.75, 3.05) is 48.6 Å². The number of aromatic hydroxyl groups is 1. The number of carbonyl (C=O) groups is 1. The summed E-state index contributed by atoms with van der Waals surface area (Å²) in [5.74, 6) is -0.305. The molecule has 13 heteroatoms. The van der Waals surface area contributed by atoms with E-state index in [1.54, 1.807) is 6.07 Å². The lowest BCUT2D eigenvalue weighted by Gasteiger charge is -2.34. The average Bonchev–Trinajstić information content (AvgIpc) is 3.43. The van der Waals surface area contributed by atoms with Crippen LogP contribution in [0.25, 0.3) is 6.08 Å². The quantitative estimate of drug-likeness (QED) is 0.146. The summed E-state index contributed by atoms with van der Waals surface area (Å²) in [6.45, 7) is 4.99. The van der Waals surface area contributed by atoms with E-state index in [4.69, 9.17) is 4.99 Å². The Morgan fingerprint density at radius 2 is 1.71 bits per heavy atom. The van der Waals surface area contributed by atoms with Crippen LogP contribution in [0.4, 0.5) is 11.4 Å². The summed E-state index contributed by atoms with van der Waals surface area (Å²) in [5.41, 5.74) is 3.97. The third-order valence-corrected chi connectivity index (χ3v) is 10.6.